The van der Waals surface area contributed by atoms with Crippen molar-refractivity contribution < 1.29 is 0 Å². The first kappa shape index (κ1) is 16.5. The van der Waals surface area contributed by atoms with Crippen LogP contribution in [0.1, 0.15) is 44.7 Å². The highest BCUT2D eigenvalue weighted by Gasteiger charge is 2.15. The monoisotopic (exact) mass is 322 g/mol. The number of aromatic nitrogens is 1. The van der Waals surface area contributed by atoms with Gasteiger partial charge < -0.3 is 5.32 Å². The highest BCUT2D eigenvalue weighted by molar-refractivity contribution is 7.15. The zero-order valence-corrected chi connectivity index (χ0v) is 14.7. The van der Waals surface area contributed by atoms with Crippen LogP contribution in [0.3, 0.4) is 0 Å². The topological polar surface area (TPSA) is 24.9 Å². The van der Waals surface area contributed by atoms with E-state index in [0.29, 0.717) is 0 Å². The summed E-state index contributed by atoms with van der Waals surface area (Å²) in [5, 5.41) is 5.41. The molecule has 0 aliphatic rings. The number of nitrogens with one attached hydrogen (secondary N) is 1. The van der Waals surface area contributed by atoms with Gasteiger partial charge in [0, 0.05) is 27.5 Å². The van der Waals surface area contributed by atoms with Crippen LogP contribution in [-0.4, -0.2) is 10.5 Å². The first-order valence-corrected chi connectivity index (χ1v) is 8.58. The third-order valence-electron chi connectivity index (χ3n) is 3.14. The van der Waals surface area contributed by atoms with Gasteiger partial charge in [0.1, 0.15) is 5.01 Å². The van der Waals surface area contributed by atoms with Gasteiger partial charge in [-0.3, -0.25) is 0 Å². The van der Waals surface area contributed by atoms with Crippen LogP contribution in [-0.2, 0) is 13.0 Å². The van der Waals surface area contributed by atoms with E-state index in [9.17, 15) is 0 Å². The van der Waals surface area contributed by atoms with E-state index in [-0.39, 0.29) is 5.54 Å². The van der Waals surface area contributed by atoms with Gasteiger partial charge in [-0.25, -0.2) is 4.98 Å². The van der Waals surface area contributed by atoms with Crippen LogP contribution in [0.25, 0.3) is 10.6 Å². The molecule has 0 atom stereocenters. The summed E-state index contributed by atoms with van der Waals surface area (Å²) >= 11 is 7.74. The Kier molecular flexibility index (Phi) is 5.42. The number of thiazole rings is 1. The first-order valence-electron chi connectivity index (χ1n) is 7.38. The van der Waals surface area contributed by atoms with Gasteiger partial charge in [0.05, 0.1) is 5.69 Å². The smallest absolute Gasteiger partial charge is 0.123 e. The molecule has 0 bridgehead atoms. The van der Waals surface area contributed by atoms with E-state index in [1.54, 1.807) is 11.3 Å². The van der Waals surface area contributed by atoms with Crippen molar-refractivity contribution in [1.82, 2.24) is 10.3 Å². The third-order valence-corrected chi connectivity index (χ3v) is 4.53. The average molecular weight is 323 g/mol. The molecule has 0 amide bonds. The summed E-state index contributed by atoms with van der Waals surface area (Å²) in [5.41, 5.74) is 2.49. The molecule has 0 aliphatic heterocycles. The number of hydrogen-bond donors (Lipinski definition) is 1. The first-order chi connectivity index (χ1) is 9.89. The normalized spacial score (nSPS) is 11.9. The minimum Gasteiger partial charge on any atom is -0.307 e. The van der Waals surface area contributed by atoms with Crippen molar-refractivity contribution in [3.8, 4) is 10.6 Å². The van der Waals surface area contributed by atoms with E-state index >= 15 is 0 Å². The Hall–Kier alpha value is -0.900. The van der Waals surface area contributed by atoms with Crippen molar-refractivity contribution in [3.63, 3.8) is 0 Å². The van der Waals surface area contributed by atoms with E-state index in [1.165, 1.54) is 10.6 Å². The lowest BCUT2D eigenvalue weighted by Gasteiger charge is -2.20. The van der Waals surface area contributed by atoms with Gasteiger partial charge in [-0.2, -0.15) is 0 Å². The Morgan fingerprint density at radius 3 is 2.43 bits per heavy atom. The lowest BCUT2D eigenvalue weighted by atomic mass is 10.1. The van der Waals surface area contributed by atoms with E-state index in [4.69, 9.17) is 16.6 Å². The van der Waals surface area contributed by atoms with Gasteiger partial charge in [0.15, 0.2) is 0 Å². The Labute approximate surface area is 136 Å². The molecule has 0 radical (unpaired) electrons. The van der Waals surface area contributed by atoms with Crippen molar-refractivity contribution in [2.24, 2.45) is 0 Å². The molecule has 1 aromatic heterocycles. The molecule has 114 valence electrons. The van der Waals surface area contributed by atoms with Crippen LogP contribution in [0.2, 0.25) is 5.02 Å². The molecule has 1 heterocycles. The van der Waals surface area contributed by atoms with Crippen LogP contribution in [0, 0.1) is 0 Å². The van der Waals surface area contributed by atoms with Gasteiger partial charge in [0.2, 0.25) is 0 Å². The molecule has 21 heavy (non-hydrogen) atoms. The van der Waals surface area contributed by atoms with Crippen molar-refractivity contribution in [2.45, 2.75) is 52.6 Å². The predicted molar refractivity (Wildman–Crippen MR) is 93.1 cm³/mol. The van der Waals surface area contributed by atoms with Crippen LogP contribution in [0.4, 0.5) is 0 Å². The lowest BCUT2D eigenvalue weighted by molar-refractivity contribution is 0.425. The van der Waals surface area contributed by atoms with Crippen molar-refractivity contribution in [3.05, 3.63) is 39.9 Å². The minimum absolute atomic E-state index is 0.119. The summed E-state index contributed by atoms with van der Waals surface area (Å²) in [5.74, 6) is 0. The molecular formula is C17H23ClN2S. The number of aryl methyl sites for hydroxylation is 1. The van der Waals surface area contributed by atoms with Gasteiger partial charge in [-0.15, -0.1) is 11.3 Å². The highest BCUT2D eigenvalue weighted by Crippen LogP contribution is 2.30. The van der Waals surface area contributed by atoms with Crippen LogP contribution >= 0.6 is 22.9 Å². The summed E-state index contributed by atoms with van der Waals surface area (Å²) in [7, 11) is 0. The summed E-state index contributed by atoms with van der Waals surface area (Å²) < 4.78 is 0. The van der Waals surface area contributed by atoms with Gasteiger partial charge in [-0.1, -0.05) is 37.1 Å². The van der Waals surface area contributed by atoms with Crippen LogP contribution in [0.15, 0.2) is 24.3 Å². The molecule has 1 N–H and O–H groups in total. The predicted octanol–water partition coefficient (Wildman–Crippen LogP) is 5.30. The standard InChI is InChI=1S/C17H23ClN2S/c1-5-6-14-15(11-19-17(2,3)4)21-16(20-14)12-7-9-13(18)10-8-12/h7-10,19H,5-6,11H2,1-4H3. The number of benzene rings is 1. The molecule has 4 heteroatoms. The summed E-state index contributed by atoms with van der Waals surface area (Å²) in [6.07, 6.45) is 2.15. The van der Waals surface area contributed by atoms with Gasteiger partial charge >= 0.3 is 0 Å². The fourth-order valence-corrected chi connectivity index (χ4v) is 3.19. The van der Waals surface area contributed by atoms with Crippen LogP contribution in [0.5, 0.6) is 0 Å². The summed E-state index contributed by atoms with van der Waals surface area (Å²) in [6, 6.07) is 7.92. The van der Waals surface area contributed by atoms with Gasteiger partial charge in [-0.05, 0) is 39.3 Å². The second-order valence-corrected chi connectivity index (χ2v) is 7.77. The maximum absolute atomic E-state index is 5.96. The van der Waals surface area contributed by atoms with E-state index in [1.807, 2.05) is 24.3 Å². The molecule has 0 fully saturated rings. The summed E-state index contributed by atoms with van der Waals surface area (Å²) in [4.78, 5) is 6.18. The maximum atomic E-state index is 5.96. The second-order valence-electron chi connectivity index (χ2n) is 6.25. The molecule has 2 rings (SSSR count). The molecule has 0 aliphatic carbocycles. The average Bonchev–Trinajstić information content (AvgIpc) is 2.80. The number of rotatable bonds is 5. The van der Waals surface area contributed by atoms with Crippen molar-refractivity contribution in [1.29, 1.82) is 0 Å². The SMILES string of the molecule is CCCc1nc(-c2ccc(Cl)cc2)sc1CNC(C)(C)C. The quantitative estimate of drug-likeness (QED) is 0.807. The van der Waals surface area contributed by atoms with Gasteiger partial charge in [0.25, 0.3) is 0 Å². The van der Waals surface area contributed by atoms with E-state index in [0.717, 1.165) is 35.0 Å². The largest absolute Gasteiger partial charge is 0.307 e. The Morgan fingerprint density at radius 1 is 1.19 bits per heavy atom. The zero-order valence-electron chi connectivity index (χ0n) is 13.2. The number of nitrogens with zero attached hydrogens (tertiary/aromatic N) is 1. The molecule has 0 saturated carbocycles. The lowest BCUT2D eigenvalue weighted by Crippen LogP contribution is -2.35. The van der Waals surface area contributed by atoms with Crippen molar-refractivity contribution in [2.75, 3.05) is 0 Å². The minimum atomic E-state index is 0.119. The maximum Gasteiger partial charge on any atom is 0.123 e. The van der Waals surface area contributed by atoms with Crippen molar-refractivity contribution >= 4 is 22.9 Å². The molecule has 0 spiro atoms. The highest BCUT2D eigenvalue weighted by atomic mass is 35.5. The third kappa shape index (κ3) is 4.80. The zero-order chi connectivity index (χ0) is 15.5. The van der Waals surface area contributed by atoms with E-state index < -0.39 is 0 Å². The molecule has 1 aromatic carbocycles. The second kappa shape index (κ2) is 6.91. The Balaban J connectivity index is 2.25. The van der Waals surface area contributed by atoms with E-state index in [2.05, 4.69) is 33.0 Å². The number of hydrogen-bond acceptors (Lipinski definition) is 3. The molecule has 2 aromatic rings. The molecule has 0 saturated heterocycles. The molecule has 0 unspecified atom stereocenters. The fraction of sp³-hybridized carbons (Fsp3) is 0.471. The molecular weight excluding hydrogens is 300 g/mol. The summed E-state index contributed by atoms with van der Waals surface area (Å²) in [6.45, 7) is 9.64. The number of halogens is 1. The van der Waals surface area contributed by atoms with Crippen LogP contribution < -0.4 is 5.32 Å². The molecule has 2 nitrogen and oxygen atoms in total. The Morgan fingerprint density at radius 2 is 1.86 bits per heavy atom. The fourth-order valence-electron chi connectivity index (χ4n) is 2.01. The Bertz CT molecular complexity index is 582.